The summed E-state index contributed by atoms with van der Waals surface area (Å²) in [7, 11) is 0. The Morgan fingerprint density at radius 2 is 1.61 bits per heavy atom. The van der Waals surface area contributed by atoms with Crippen molar-refractivity contribution in [1.29, 1.82) is 0 Å². The number of fused-ring (bicyclic) bond motifs is 1. The minimum atomic E-state index is -1.33. The van der Waals surface area contributed by atoms with E-state index in [1.165, 1.54) is 6.92 Å². The summed E-state index contributed by atoms with van der Waals surface area (Å²) < 4.78 is 5.08. The summed E-state index contributed by atoms with van der Waals surface area (Å²) in [5.41, 5.74) is 1.48. The van der Waals surface area contributed by atoms with Gasteiger partial charge in [-0.15, -0.1) is 0 Å². The predicted octanol–water partition coefficient (Wildman–Crippen LogP) is 1.87. The maximum atomic E-state index is 13.0. The fourth-order valence-electron chi connectivity index (χ4n) is 3.90. The maximum Gasteiger partial charge on any atom is 0.416 e. The molecule has 0 spiro atoms. The van der Waals surface area contributed by atoms with Gasteiger partial charge in [-0.1, -0.05) is 49.4 Å². The molecule has 4 rings (SSSR count). The van der Waals surface area contributed by atoms with E-state index in [0.29, 0.717) is 6.42 Å². The molecule has 0 saturated carbocycles. The first-order chi connectivity index (χ1) is 14.9. The zero-order valence-electron chi connectivity index (χ0n) is 16.9. The Hall–Kier alpha value is -3.52. The smallest absolute Gasteiger partial charge is 0.416 e. The number of ether oxygens (including phenoxy) is 1. The van der Waals surface area contributed by atoms with Crippen LogP contribution in [0.25, 0.3) is 0 Å². The van der Waals surface area contributed by atoms with E-state index in [9.17, 15) is 24.3 Å². The third-order valence-electron chi connectivity index (χ3n) is 5.73. The van der Waals surface area contributed by atoms with Crippen LogP contribution in [-0.4, -0.2) is 64.0 Å². The van der Waals surface area contributed by atoms with E-state index in [1.807, 2.05) is 30.3 Å². The summed E-state index contributed by atoms with van der Waals surface area (Å²) in [5.74, 6) is -2.65. The van der Waals surface area contributed by atoms with Crippen LogP contribution in [-0.2, 0) is 16.0 Å². The van der Waals surface area contributed by atoms with E-state index < -0.39 is 41.9 Å². The van der Waals surface area contributed by atoms with E-state index >= 15 is 0 Å². The standard InChI is InChI=1S/C23H22N2O6/c1-14(19(26)12-24-21(28)17-9-5-6-10-18(17)22(24)29)20(27)25-16(13-31-23(25)30)11-15-7-3-2-4-8-15/h2-10,14,16,19,26H,11-13H2,1H3/t14-,16+,19+/m0/s1. The predicted molar refractivity (Wildman–Crippen MR) is 109 cm³/mol. The molecule has 160 valence electrons. The van der Waals surface area contributed by atoms with E-state index in [1.54, 1.807) is 24.3 Å². The molecule has 3 atom stereocenters. The number of cyclic esters (lactones) is 1. The SMILES string of the molecule is C[C@H](C(=O)N1C(=O)OC[C@H]1Cc1ccccc1)[C@H](O)CN1C(=O)c2ccccc2C1=O. The molecule has 0 aromatic heterocycles. The maximum absolute atomic E-state index is 13.0. The van der Waals surface area contributed by atoms with Gasteiger partial charge in [0.25, 0.3) is 11.8 Å². The van der Waals surface area contributed by atoms with Crippen LogP contribution in [0.4, 0.5) is 4.79 Å². The van der Waals surface area contributed by atoms with Gasteiger partial charge in [0.2, 0.25) is 5.91 Å². The van der Waals surface area contributed by atoms with Gasteiger partial charge in [0.05, 0.1) is 35.7 Å². The van der Waals surface area contributed by atoms with Gasteiger partial charge in [-0.2, -0.15) is 0 Å². The Labute approximate surface area is 179 Å². The van der Waals surface area contributed by atoms with Gasteiger partial charge >= 0.3 is 6.09 Å². The third-order valence-corrected chi connectivity index (χ3v) is 5.73. The Morgan fingerprint density at radius 1 is 1.03 bits per heavy atom. The van der Waals surface area contributed by atoms with E-state index in [2.05, 4.69) is 0 Å². The van der Waals surface area contributed by atoms with Crippen LogP contribution < -0.4 is 0 Å². The number of benzene rings is 2. The molecule has 2 aliphatic rings. The van der Waals surface area contributed by atoms with Crippen LogP contribution in [0.15, 0.2) is 54.6 Å². The molecule has 2 aromatic carbocycles. The van der Waals surface area contributed by atoms with E-state index in [0.717, 1.165) is 15.4 Å². The zero-order chi connectivity index (χ0) is 22.1. The average Bonchev–Trinajstić information content (AvgIpc) is 3.26. The highest BCUT2D eigenvalue weighted by molar-refractivity contribution is 6.21. The highest BCUT2D eigenvalue weighted by atomic mass is 16.6. The molecule has 8 heteroatoms. The van der Waals surface area contributed by atoms with Gasteiger partial charge in [0.1, 0.15) is 6.61 Å². The summed E-state index contributed by atoms with van der Waals surface area (Å²) in [5, 5.41) is 10.6. The molecule has 4 amide bonds. The van der Waals surface area contributed by atoms with Crippen LogP contribution in [0.2, 0.25) is 0 Å². The number of carbonyl (C=O) groups is 4. The quantitative estimate of drug-likeness (QED) is 0.713. The molecule has 2 aliphatic heterocycles. The van der Waals surface area contributed by atoms with Crippen molar-refractivity contribution in [3.05, 3.63) is 71.3 Å². The van der Waals surface area contributed by atoms with Crippen LogP contribution in [0.1, 0.15) is 33.2 Å². The molecule has 8 nitrogen and oxygen atoms in total. The molecular formula is C23H22N2O6. The first-order valence-electron chi connectivity index (χ1n) is 10.1. The van der Waals surface area contributed by atoms with Gasteiger partial charge in [-0.05, 0) is 24.1 Å². The van der Waals surface area contributed by atoms with Crippen molar-refractivity contribution in [1.82, 2.24) is 9.80 Å². The lowest BCUT2D eigenvalue weighted by atomic mass is 10.00. The van der Waals surface area contributed by atoms with Crippen molar-refractivity contribution in [2.75, 3.05) is 13.2 Å². The fourth-order valence-corrected chi connectivity index (χ4v) is 3.90. The number of aliphatic hydroxyl groups excluding tert-OH is 1. The largest absolute Gasteiger partial charge is 0.447 e. The van der Waals surface area contributed by atoms with E-state index in [-0.39, 0.29) is 24.3 Å². The van der Waals surface area contributed by atoms with Crippen molar-refractivity contribution in [2.24, 2.45) is 5.92 Å². The number of amides is 4. The third kappa shape index (κ3) is 3.82. The highest BCUT2D eigenvalue weighted by Crippen LogP contribution is 2.25. The Morgan fingerprint density at radius 3 is 2.23 bits per heavy atom. The number of β-amino-alcohol motifs (C(OH)–C–C–N with tert-alkyl or cyclic N) is 1. The number of imide groups is 2. The van der Waals surface area contributed by atoms with Gasteiger partial charge in [-0.25, -0.2) is 9.69 Å². The van der Waals surface area contributed by atoms with Crippen molar-refractivity contribution >= 4 is 23.8 Å². The van der Waals surface area contributed by atoms with Gasteiger partial charge in [-0.3, -0.25) is 19.3 Å². The summed E-state index contributed by atoms with van der Waals surface area (Å²) in [6.07, 6.45) is -1.66. The molecule has 1 N–H and O–H groups in total. The summed E-state index contributed by atoms with van der Waals surface area (Å²) >= 11 is 0. The van der Waals surface area contributed by atoms with Crippen molar-refractivity contribution in [3.8, 4) is 0 Å². The molecule has 1 saturated heterocycles. The fraction of sp³-hybridized carbons (Fsp3) is 0.304. The Kier molecular flexibility index (Phi) is 5.56. The van der Waals surface area contributed by atoms with Crippen LogP contribution in [0.3, 0.4) is 0 Å². The second kappa shape index (κ2) is 8.31. The topological polar surface area (TPSA) is 104 Å². The molecule has 2 heterocycles. The lowest BCUT2D eigenvalue weighted by Gasteiger charge is -2.27. The van der Waals surface area contributed by atoms with Crippen LogP contribution in [0.5, 0.6) is 0 Å². The molecule has 0 unspecified atom stereocenters. The average molecular weight is 422 g/mol. The molecule has 31 heavy (non-hydrogen) atoms. The first kappa shape index (κ1) is 20.7. The number of aliphatic hydroxyl groups is 1. The van der Waals surface area contributed by atoms with Crippen molar-refractivity contribution in [2.45, 2.75) is 25.5 Å². The van der Waals surface area contributed by atoms with Crippen LogP contribution >= 0.6 is 0 Å². The second-order valence-electron chi connectivity index (χ2n) is 7.75. The summed E-state index contributed by atoms with van der Waals surface area (Å²) in [4.78, 5) is 52.3. The summed E-state index contributed by atoms with van der Waals surface area (Å²) in [6.45, 7) is 1.20. The number of nitrogens with zero attached hydrogens (tertiary/aromatic N) is 2. The molecule has 1 fully saturated rings. The highest BCUT2D eigenvalue weighted by Gasteiger charge is 2.43. The zero-order valence-corrected chi connectivity index (χ0v) is 16.9. The second-order valence-corrected chi connectivity index (χ2v) is 7.75. The Bertz CT molecular complexity index is 1000. The first-order valence-corrected chi connectivity index (χ1v) is 10.1. The minimum Gasteiger partial charge on any atom is -0.447 e. The minimum absolute atomic E-state index is 0.0701. The van der Waals surface area contributed by atoms with Crippen molar-refractivity contribution < 1.29 is 29.0 Å². The van der Waals surface area contributed by atoms with Gasteiger partial charge < -0.3 is 9.84 Å². The van der Waals surface area contributed by atoms with Gasteiger partial charge in [0, 0.05) is 0 Å². The van der Waals surface area contributed by atoms with Crippen LogP contribution in [0, 0.1) is 5.92 Å². The van der Waals surface area contributed by atoms with Crippen molar-refractivity contribution in [3.63, 3.8) is 0 Å². The normalized spacial score (nSPS) is 19.9. The molecule has 0 aliphatic carbocycles. The molecular weight excluding hydrogens is 400 g/mol. The van der Waals surface area contributed by atoms with Gasteiger partial charge in [0.15, 0.2) is 0 Å². The summed E-state index contributed by atoms with van der Waals surface area (Å²) in [6, 6.07) is 15.3. The molecule has 0 bridgehead atoms. The Balaban J connectivity index is 1.45. The molecule has 0 radical (unpaired) electrons. The lowest BCUT2D eigenvalue weighted by molar-refractivity contribution is -0.136. The monoisotopic (exact) mass is 422 g/mol. The molecule has 2 aromatic rings. The lowest BCUT2D eigenvalue weighted by Crippen LogP contribution is -2.48. The number of hydrogen-bond donors (Lipinski definition) is 1. The number of carbonyl (C=O) groups excluding carboxylic acids is 4. The number of rotatable bonds is 6. The number of hydrogen-bond acceptors (Lipinski definition) is 6. The van der Waals surface area contributed by atoms with E-state index in [4.69, 9.17) is 4.74 Å².